The lowest BCUT2D eigenvalue weighted by atomic mass is 9.99. The highest BCUT2D eigenvalue weighted by Crippen LogP contribution is 2.40. The molecule has 72 valence electrons. The second kappa shape index (κ2) is 2.72. The van der Waals surface area contributed by atoms with E-state index < -0.39 is 5.97 Å². The summed E-state index contributed by atoms with van der Waals surface area (Å²) in [6.45, 7) is 0. The number of carboxylic acids is 1. The molecule has 1 heterocycles. The zero-order valence-corrected chi connectivity index (χ0v) is 7.56. The highest BCUT2D eigenvalue weighted by molar-refractivity contribution is 5.80. The van der Waals surface area contributed by atoms with Gasteiger partial charge in [-0.15, -0.1) is 0 Å². The van der Waals surface area contributed by atoms with E-state index in [0.29, 0.717) is 18.8 Å². The van der Waals surface area contributed by atoms with Crippen molar-refractivity contribution in [2.45, 2.75) is 25.3 Å². The number of nitrogens with zero attached hydrogens (tertiary/aromatic N) is 1. The highest BCUT2D eigenvalue weighted by atomic mass is 16.4. The van der Waals surface area contributed by atoms with Gasteiger partial charge in [-0.1, -0.05) is 0 Å². The number of carbonyl (C=O) groups excluding carboxylic acids is 1. The van der Waals surface area contributed by atoms with Crippen molar-refractivity contribution < 1.29 is 14.7 Å². The molecular formula is C9H13NO3. The fourth-order valence-corrected chi connectivity index (χ4v) is 2.55. The summed E-state index contributed by atoms with van der Waals surface area (Å²) in [6.07, 6.45) is 2.09. The van der Waals surface area contributed by atoms with Crippen LogP contribution in [-0.4, -0.2) is 35.0 Å². The predicted octanol–water partition coefficient (Wildman–Crippen LogP) is 0.328. The molecule has 0 radical (unpaired) electrons. The molecular weight excluding hydrogens is 170 g/mol. The largest absolute Gasteiger partial charge is 0.481 e. The zero-order valence-electron chi connectivity index (χ0n) is 7.56. The molecule has 1 N–H and O–H groups in total. The lowest BCUT2D eigenvalue weighted by Crippen LogP contribution is -2.43. The molecule has 1 amide bonds. The lowest BCUT2D eigenvalue weighted by molar-refractivity contribution is -0.144. The number of hydrogen-bond donors (Lipinski definition) is 1. The van der Waals surface area contributed by atoms with Gasteiger partial charge < -0.3 is 10.0 Å². The third-order valence-corrected chi connectivity index (χ3v) is 3.30. The summed E-state index contributed by atoms with van der Waals surface area (Å²) in [7, 11) is 1.71. The zero-order chi connectivity index (χ0) is 9.59. The number of likely N-dealkylation sites (tertiary alicyclic amines) is 1. The number of carboxylic acid groups (broad SMARTS) is 1. The van der Waals surface area contributed by atoms with Gasteiger partial charge in [-0.25, -0.2) is 0 Å². The van der Waals surface area contributed by atoms with Crippen LogP contribution in [-0.2, 0) is 9.59 Å². The topological polar surface area (TPSA) is 57.6 Å². The van der Waals surface area contributed by atoms with Gasteiger partial charge in [0.25, 0.3) is 0 Å². The predicted molar refractivity (Wildman–Crippen MR) is 45.0 cm³/mol. The SMILES string of the molecule is CN1C(=O)C[C@@H]2C[C@@H](C(=O)O)[C@@H]1C2. The molecule has 1 saturated heterocycles. The quantitative estimate of drug-likeness (QED) is 0.637. The minimum Gasteiger partial charge on any atom is -0.481 e. The van der Waals surface area contributed by atoms with Crippen LogP contribution in [0, 0.1) is 11.8 Å². The van der Waals surface area contributed by atoms with E-state index in [9.17, 15) is 9.59 Å². The standard InChI is InChI=1S/C9H13NO3/c1-10-7-3-5(4-8(10)11)2-6(7)9(12)13/h5-7H,2-4H2,1H3,(H,12,13)/t5-,6-,7+/m1/s1. The van der Waals surface area contributed by atoms with Gasteiger partial charge in [-0.3, -0.25) is 9.59 Å². The van der Waals surface area contributed by atoms with E-state index in [4.69, 9.17) is 5.11 Å². The lowest BCUT2D eigenvalue weighted by Gasteiger charge is -2.30. The third-order valence-electron chi connectivity index (χ3n) is 3.30. The van der Waals surface area contributed by atoms with Crippen molar-refractivity contribution in [2.24, 2.45) is 11.8 Å². The molecule has 13 heavy (non-hydrogen) atoms. The van der Waals surface area contributed by atoms with Crippen LogP contribution in [0.5, 0.6) is 0 Å². The molecule has 2 bridgehead atoms. The summed E-state index contributed by atoms with van der Waals surface area (Å²) in [5, 5.41) is 8.93. The van der Waals surface area contributed by atoms with E-state index in [1.165, 1.54) is 0 Å². The minimum absolute atomic E-state index is 0.0521. The van der Waals surface area contributed by atoms with Crippen LogP contribution in [0.2, 0.25) is 0 Å². The molecule has 0 aromatic rings. The highest BCUT2D eigenvalue weighted by Gasteiger charge is 2.46. The summed E-state index contributed by atoms with van der Waals surface area (Å²) in [4.78, 5) is 23.8. The van der Waals surface area contributed by atoms with Gasteiger partial charge in [0.05, 0.1) is 5.92 Å². The first-order chi connectivity index (χ1) is 6.09. The Bertz CT molecular complexity index is 264. The van der Waals surface area contributed by atoms with Crippen molar-refractivity contribution in [2.75, 3.05) is 7.05 Å². The molecule has 3 atom stereocenters. The molecule has 0 unspecified atom stereocenters. The first-order valence-corrected chi connectivity index (χ1v) is 4.58. The number of amides is 1. The molecule has 0 spiro atoms. The van der Waals surface area contributed by atoms with Crippen LogP contribution in [0.25, 0.3) is 0 Å². The summed E-state index contributed by atoms with van der Waals surface area (Å²) in [5.74, 6) is -0.671. The molecule has 4 nitrogen and oxygen atoms in total. The van der Waals surface area contributed by atoms with Gasteiger partial charge >= 0.3 is 5.97 Å². The number of piperidine rings is 1. The second-order valence-corrected chi connectivity index (χ2v) is 4.06. The monoisotopic (exact) mass is 183 g/mol. The maximum atomic E-state index is 11.4. The molecule has 0 aromatic carbocycles. The molecule has 0 aromatic heterocycles. The number of fused-ring (bicyclic) bond motifs is 2. The molecule has 1 aliphatic carbocycles. The Hall–Kier alpha value is -1.06. The first kappa shape index (κ1) is 8.53. The van der Waals surface area contributed by atoms with E-state index in [-0.39, 0.29) is 17.9 Å². The van der Waals surface area contributed by atoms with Gasteiger partial charge in [-0.2, -0.15) is 0 Å². The number of hydrogen-bond acceptors (Lipinski definition) is 2. The van der Waals surface area contributed by atoms with Crippen molar-refractivity contribution in [3.05, 3.63) is 0 Å². The van der Waals surface area contributed by atoms with E-state index in [2.05, 4.69) is 0 Å². The molecule has 1 aliphatic heterocycles. The molecule has 4 heteroatoms. The van der Waals surface area contributed by atoms with Crippen LogP contribution < -0.4 is 0 Å². The average Bonchev–Trinajstić information content (AvgIpc) is 2.41. The van der Waals surface area contributed by atoms with Crippen molar-refractivity contribution in [3.8, 4) is 0 Å². The Labute approximate surface area is 76.5 Å². The Morgan fingerprint density at radius 1 is 1.54 bits per heavy atom. The van der Waals surface area contributed by atoms with Gasteiger partial charge in [0.2, 0.25) is 5.91 Å². The van der Waals surface area contributed by atoms with Crippen LogP contribution in [0.15, 0.2) is 0 Å². The maximum Gasteiger partial charge on any atom is 0.308 e. The second-order valence-electron chi connectivity index (χ2n) is 4.06. The normalized spacial score (nSPS) is 38.1. The van der Waals surface area contributed by atoms with Gasteiger partial charge in [0, 0.05) is 19.5 Å². The number of aliphatic carboxylic acids is 1. The van der Waals surface area contributed by atoms with E-state index in [1.54, 1.807) is 11.9 Å². The summed E-state index contributed by atoms with van der Waals surface area (Å²) in [5.41, 5.74) is 0. The van der Waals surface area contributed by atoms with E-state index in [0.717, 1.165) is 6.42 Å². The molecule has 2 fully saturated rings. The van der Waals surface area contributed by atoms with Crippen molar-refractivity contribution in [1.29, 1.82) is 0 Å². The Morgan fingerprint density at radius 2 is 2.23 bits per heavy atom. The fourth-order valence-electron chi connectivity index (χ4n) is 2.55. The van der Waals surface area contributed by atoms with Gasteiger partial charge in [0.1, 0.15) is 0 Å². The van der Waals surface area contributed by atoms with Crippen LogP contribution >= 0.6 is 0 Å². The van der Waals surface area contributed by atoms with Gasteiger partial charge in [-0.05, 0) is 18.8 Å². The molecule has 2 aliphatic rings. The van der Waals surface area contributed by atoms with Crippen molar-refractivity contribution in [3.63, 3.8) is 0 Å². The van der Waals surface area contributed by atoms with Crippen LogP contribution in [0.3, 0.4) is 0 Å². The van der Waals surface area contributed by atoms with Crippen molar-refractivity contribution in [1.82, 2.24) is 4.90 Å². The summed E-state index contributed by atoms with van der Waals surface area (Å²) < 4.78 is 0. The van der Waals surface area contributed by atoms with Gasteiger partial charge in [0.15, 0.2) is 0 Å². The fraction of sp³-hybridized carbons (Fsp3) is 0.778. The number of rotatable bonds is 1. The average molecular weight is 183 g/mol. The molecule has 2 rings (SSSR count). The summed E-state index contributed by atoms with van der Waals surface area (Å²) in [6, 6.07) is -0.0521. The Kier molecular flexibility index (Phi) is 1.78. The minimum atomic E-state index is -0.756. The van der Waals surface area contributed by atoms with E-state index in [1.807, 2.05) is 0 Å². The Balaban J connectivity index is 2.21. The van der Waals surface area contributed by atoms with Crippen LogP contribution in [0.4, 0.5) is 0 Å². The Morgan fingerprint density at radius 3 is 2.85 bits per heavy atom. The first-order valence-electron chi connectivity index (χ1n) is 4.58. The third kappa shape index (κ3) is 1.20. The maximum absolute atomic E-state index is 11.4. The summed E-state index contributed by atoms with van der Waals surface area (Å²) >= 11 is 0. The smallest absolute Gasteiger partial charge is 0.308 e. The molecule has 1 saturated carbocycles. The van der Waals surface area contributed by atoms with Crippen LogP contribution in [0.1, 0.15) is 19.3 Å². The van der Waals surface area contributed by atoms with Crippen molar-refractivity contribution >= 4 is 11.9 Å². The van der Waals surface area contributed by atoms with E-state index >= 15 is 0 Å². The number of carbonyl (C=O) groups is 2.